The van der Waals surface area contributed by atoms with Gasteiger partial charge in [-0.3, -0.25) is 0 Å². The van der Waals surface area contributed by atoms with Crippen molar-refractivity contribution in [2.45, 2.75) is 18.9 Å². The van der Waals surface area contributed by atoms with E-state index < -0.39 is 5.97 Å². The Kier molecular flexibility index (Phi) is 2.06. The van der Waals surface area contributed by atoms with Crippen molar-refractivity contribution in [2.75, 3.05) is 6.54 Å². The van der Waals surface area contributed by atoms with Crippen molar-refractivity contribution in [1.29, 1.82) is 0 Å². The molecule has 0 aromatic carbocycles. The Labute approximate surface area is 59.7 Å². The summed E-state index contributed by atoms with van der Waals surface area (Å²) >= 11 is 0. The highest BCUT2D eigenvalue weighted by molar-refractivity contribution is 5.87. The Balaban J connectivity index is 2.48. The standard InChI is InChI=1S/C7H11NO2/c1-5(7(9)10)6-3-2-4-8-6/h6,8H,1-4H2,(H,9,10). The van der Waals surface area contributed by atoms with Crippen LogP contribution in [0.3, 0.4) is 0 Å². The Morgan fingerprint density at radius 2 is 2.40 bits per heavy atom. The molecule has 0 saturated carbocycles. The second-order valence-corrected chi connectivity index (χ2v) is 2.48. The average molecular weight is 141 g/mol. The number of rotatable bonds is 2. The molecule has 1 aliphatic rings. The molecule has 0 amide bonds. The minimum atomic E-state index is -0.889. The molecule has 56 valence electrons. The molecule has 1 saturated heterocycles. The van der Waals surface area contributed by atoms with E-state index in [1.54, 1.807) is 0 Å². The third-order valence-corrected chi connectivity index (χ3v) is 1.76. The molecular formula is C7H11NO2. The first kappa shape index (κ1) is 7.28. The predicted molar refractivity (Wildman–Crippen MR) is 37.8 cm³/mol. The van der Waals surface area contributed by atoms with Gasteiger partial charge in [-0.1, -0.05) is 6.58 Å². The molecule has 0 radical (unpaired) electrons. The van der Waals surface area contributed by atoms with E-state index in [1.807, 2.05) is 0 Å². The van der Waals surface area contributed by atoms with Gasteiger partial charge in [0.15, 0.2) is 0 Å². The molecule has 1 heterocycles. The van der Waals surface area contributed by atoms with Gasteiger partial charge < -0.3 is 10.4 Å². The normalized spacial score (nSPS) is 24.6. The van der Waals surface area contributed by atoms with E-state index in [4.69, 9.17) is 5.11 Å². The molecule has 2 N–H and O–H groups in total. The molecule has 1 fully saturated rings. The predicted octanol–water partition coefficient (Wildman–Crippen LogP) is 0.379. The van der Waals surface area contributed by atoms with Crippen LogP contribution in [0.2, 0.25) is 0 Å². The van der Waals surface area contributed by atoms with Crippen LogP contribution in [0.5, 0.6) is 0 Å². The second kappa shape index (κ2) is 2.84. The summed E-state index contributed by atoms with van der Waals surface area (Å²) in [5.41, 5.74) is 0.289. The topological polar surface area (TPSA) is 49.3 Å². The van der Waals surface area contributed by atoms with E-state index in [0.717, 1.165) is 19.4 Å². The molecule has 0 spiro atoms. The number of hydrogen-bond donors (Lipinski definition) is 2. The van der Waals surface area contributed by atoms with Crippen LogP contribution < -0.4 is 5.32 Å². The Hall–Kier alpha value is -0.830. The highest BCUT2D eigenvalue weighted by Gasteiger charge is 2.20. The fraction of sp³-hybridized carbons (Fsp3) is 0.571. The van der Waals surface area contributed by atoms with Crippen molar-refractivity contribution in [3.8, 4) is 0 Å². The maximum absolute atomic E-state index is 10.3. The number of hydrogen-bond acceptors (Lipinski definition) is 2. The maximum Gasteiger partial charge on any atom is 0.332 e. The van der Waals surface area contributed by atoms with Crippen LogP contribution in [0.1, 0.15) is 12.8 Å². The smallest absolute Gasteiger partial charge is 0.332 e. The summed E-state index contributed by atoms with van der Waals surface area (Å²) < 4.78 is 0. The van der Waals surface area contributed by atoms with Crippen LogP contribution in [-0.4, -0.2) is 23.7 Å². The number of nitrogens with one attached hydrogen (secondary N) is 1. The fourth-order valence-corrected chi connectivity index (χ4v) is 1.13. The van der Waals surface area contributed by atoms with Gasteiger partial charge in [0, 0.05) is 11.6 Å². The van der Waals surface area contributed by atoms with E-state index in [2.05, 4.69) is 11.9 Å². The van der Waals surface area contributed by atoms with E-state index >= 15 is 0 Å². The van der Waals surface area contributed by atoms with Crippen LogP contribution in [0.15, 0.2) is 12.2 Å². The lowest BCUT2D eigenvalue weighted by Gasteiger charge is -2.07. The van der Waals surface area contributed by atoms with Gasteiger partial charge >= 0.3 is 5.97 Å². The quantitative estimate of drug-likeness (QED) is 0.546. The largest absolute Gasteiger partial charge is 0.478 e. The molecule has 0 bridgehead atoms. The van der Waals surface area contributed by atoms with Crippen molar-refractivity contribution in [2.24, 2.45) is 0 Å². The monoisotopic (exact) mass is 141 g/mol. The van der Waals surface area contributed by atoms with E-state index in [1.165, 1.54) is 0 Å². The van der Waals surface area contributed by atoms with Gasteiger partial charge in [0.1, 0.15) is 0 Å². The van der Waals surface area contributed by atoms with Crippen molar-refractivity contribution in [1.82, 2.24) is 5.32 Å². The van der Waals surface area contributed by atoms with Crippen molar-refractivity contribution in [3.63, 3.8) is 0 Å². The average Bonchev–Trinajstić information content (AvgIpc) is 2.36. The van der Waals surface area contributed by atoms with Gasteiger partial charge in [-0.2, -0.15) is 0 Å². The molecule has 10 heavy (non-hydrogen) atoms. The van der Waals surface area contributed by atoms with Crippen molar-refractivity contribution >= 4 is 5.97 Å². The first-order valence-electron chi connectivity index (χ1n) is 3.37. The highest BCUT2D eigenvalue weighted by atomic mass is 16.4. The van der Waals surface area contributed by atoms with Crippen LogP contribution >= 0.6 is 0 Å². The molecular weight excluding hydrogens is 130 g/mol. The summed E-state index contributed by atoms with van der Waals surface area (Å²) in [5.74, 6) is -0.889. The number of carboxylic acid groups (broad SMARTS) is 1. The van der Waals surface area contributed by atoms with Crippen LogP contribution in [0.25, 0.3) is 0 Å². The highest BCUT2D eigenvalue weighted by Crippen LogP contribution is 2.12. The lowest BCUT2D eigenvalue weighted by Crippen LogP contribution is -2.26. The Bertz CT molecular complexity index is 159. The van der Waals surface area contributed by atoms with Gasteiger partial charge in [0.2, 0.25) is 0 Å². The molecule has 3 heteroatoms. The van der Waals surface area contributed by atoms with Crippen LogP contribution in [-0.2, 0) is 4.79 Å². The number of carboxylic acids is 1. The third kappa shape index (κ3) is 1.36. The minimum Gasteiger partial charge on any atom is -0.478 e. The first-order chi connectivity index (χ1) is 4.72. The van der Waals surface area contributed by atoms with Crippen LogP contribution in [0, 0.1) is 0 Å². The lowest BCUT2D eigenvalue weighted by molar-refractivity contribution is -0.132. The van der Waals surface area contributed by atoms with Gasteiger partial charge in [-0.25, -0.2) is 4.79 Å². The Morgan fingerprint density at radius 3 is 2.80 bits per heavy atom. The van der Waals surface area contributed by atoms with Crippen molar-refractivity contribution < 1.29 is 9.90 Å². The van der Waals surface area contributed by atoms with Gasteiger partial charge in [-0.15, -0.1) is 0 Å². The van der Waals surface area contributed by atoms with E-state index in [-0.39, 0.29) is 11.6 Å². The van der Waals surface area contributed by atoms with Crippen molar-refractivity contribution in [3.05, 3.63) is 12.2 Å². The second-order valence-electron chi connectivity index (χ2n) is 2.48. The van der Waals surface area contributed by atoms with E-state index in [0.29, 0.717) is 0 Å². The zero-order chi connectivity index (χ0) is 7.56. The molecule has 0 aliphatic carbocycles. The van der Waals surface area contributed by atoms with Crippen LogP contribution in [0.4, 0.5) is 0 Å². The summed E-state index contributed by atoms with van der Waals surface area (Å²) in [6.45, 7) is 4.39. The SMILES string of the molecule is C=C(C(=O)O)C1CCCN1. The molecule has 1 rings (SSSR count). The molecule has 3 nitrogen and oxygen atoms in total. The van der Waals surface area contributed by atoms with E-state index in [9.17, 15) is 4.79 Å². The zero-order valence-electron chi connectivity index (χ0n) is 5.76. The third-order valence-electron chi connectivity index (χ3n) is 1.76. The van der Waals surface area contributed by atoms with Gasteiger partial charge in [-0.05, 0) is 19.4 Å². The maximum atomic E-state index is 10.3. The van der Waals surface area contributed by atoms with Gasteiger partial charge in [0.05, 0.1) is 0 Å². The van der Waals surface area contributed by atoms with Gasteiger partial charge in [0.25, 0.3) is 0 Å². The summed E-state index contributed by atoms with van der Waals surface area (Å²) in [6.07, 6.45) is 1.96. The summed E-state index contributed by atoms with van der Waals surface area (Å²) in [7, 11) is 0. The number of carbonyl (C=O) groups is 1. The minimum absolute atomic E-state index is 0.0116. The molecule has 1 aliphatic heterocycles. The summed E-state index contributed by atoms with van der Waals surface area (Å²) in [6, 6.07) is 0.0116. The molecule has 0 aromatic rings. The summed E-state index contributed by atoms with van der Waals surface area (Å²) in [4.78, 5) is 10.3. The first-order valence-corrected chi connectivity index (χ1v) is 3.37. The molecule has 1 unspecified atom stereocenters. The zero-order valence-corrected chi connectivity index (χ0v) is 5.76. The molecule has 0 aromatic heterocycles. The Morgan fingerprint density at radius 1 is 1.70 bits per heavy atom. The fourth-order valence-electron chi connectivity index (χ4n) is 1.13. The summed E-state index contributed by atoms with van der Waals surface area (Å²) in [5, 5.41) is 11.6. The molecule has 1 atom stereocenters. The number of aliphatic carboxylic acids is 1. The lowest BCUT2D eigenvalue weighted by atomic mass is 10.1.